The number of para-hydroxylation sites is 1. The van der Waals surface area contributed by atoms with Gasteiger partial charge in [0.15, 0.2) is 0 Å². The third-order valence-electron chi connectivity index (χ3n) is 9.92. The summed E-state index contributed by atoms with van der Waals surface area (Å²) in [6, 6.07) is 65.8. The molecule has 0 unspecified atom stereocenters. The highest BCUT2D eigenvalue weighted by Crippen LogP contribution is 2.46. The number of nitrogens with zero attached hydrogens (tertiary/aromatic N) is 2. The number of hydrogen-bond acceptors (Lipinski definition) is 1. The molecule has 10 aromatic rings. The molecular weight excluding hydrogens is 593 g/mol. The first-order valence-corrected chi connectivity index (χ1v) is 16.8. The van der Waals surface area contributed by atoms with Crippen molar-refractivity contribution >= 4 is 54.1 Å². The molecule has 0 saturated heterocycles. The largest absolute Gasteiger partial charge is 0.292 e. The molecule has 0 atom stereocenters. The Kier molecular flexibility index (Phi) is 6.22. The SMILES string of the molecule is c1ccc(-c2nc3cc4c(-c5ccc6ccccc6c5)c5ccccc5c(-c5ccc6ccccc6c5)c4cc3n2-c2ccccc2)cc1. The lowest BCUT2D eigenvalue weighted by molar-refractivity contribution is 1.10. The first-order chi connectivity index (χ1) is 24.3. The van der Waals surface area contributed by atoms with Crippen molar-refractivity contribution < 1.29 is 0 Å². The maximum Gasteiger partial charge on any atom is 0.145 e. The number of aromatic nitrogens is 2. The quantitative estimate of drug-likeness (QED) is 0.179. The topological polar surface area (TPSA) is 17.8 Å². The zero-order valence-corrected chi connectivity index (χ0v) is 26.7. The molecule has 0 bridgehead atoms. The predicted molar refractivity (Wildman–Crippen MR) is 207 cm³/mol. The van der Waals surface area contributed by atoms with Gasteiger partial charge in [0, 0.05) is 11.3 Å². The lowest BCUT2D eigenvalue weighted by Crippen LogP contribution is -1.97. The van der Waals surface area contributed by atoms with Gasteiger partial charge >= 0.3 is 0 Å². The molecule has 1 heterocycles. The summed E-state index contributed by atoms with van der Waals surface area (Å²) in [5.41, 5.74) is 9.11. The normalized spacial score (nSPS) is 11.7. The van der Waals surface area contributed by atoms with Crippen molar-refractivity contribution in [3.8, 4) is 39.3 Å². The van der Waals surface area contributed by atoms with E-state index in [1.807, 2.05) is 0 Å². The van der Waals surface area contributed by atoms with Crippen LogP contribution in [0.4, 0.5) is 0 Å². The Morgan fingerprint density at radius 3 is 1.43 bits per heavy atom. The highest BCUT2D eigenvalue weighted by molar-refractivity contribution is 6.24. The predicted octanol–water partition coefficient (Wildman–Crippen LogP) is 12.6. The fourth-order valence-corrected chi connectivity index (χ4v) is 7.68. The third kappa shape index (κ3) is 4.46. The summed E-state index contributed by atoms with van der Waals surface area (Å²) < 4.78 is 2.32. The Morgan fingerprint density at radius 2 is 0.837 bits per heavy atom. The van der Waals surface area contributed by atoms with Gasteiger partial charge in [-0.05, 0) is 102 Å². The first kappa shape index (κ1) is 27.6. The molecule has 49 heavy (non-hydrogen) atoms. The van der Waals surface area contributed by atoms with E-state index in [1.54, 1.807) is 0 Å². The molecule has 2 heteroatoms. The number of benzene rings is 9. The molecule has 9 aromatic carbocycles. The number of hydrogen-bond donors (Lipinski definition) is 0. The summed E-state index contributed by atoms with van der Waals surface area (Å²) in [6.07, 6.45) is 0. The van der Waals surface area contributed by atoms with E-state index in [-0.39, 0.29) is 0 Å². The molecule has 0 aliphatic heterocycles. The minimum Gasteiger partial charge on any atom is -0.292 e. The molecule has 0 amide bonds. The molecule has 0 aliphatic carbocycles. The number of fused-ring (bicyclic) bond motifs is 5. The van der Waals surface area contributed by atoms with Gasteiger partial charge in [0.05, 0.1) is 11.0 Å². The Balaban J connectivity index is 1.39. The second-order valence-corrected chi connectivity index (χ2v) is 12.8. The Hall–Kier alpha value is -6.51. The van der Waals surface area contributed by atoms with Gasteiger partial charge in [-0.3, -0.25) is 4.57 Å². The Bertz CT molecular complexity index is 2860. The molecule has 0 aliphatic rings. The van der Waals surface area contributed by atoms with Crippen molar-refractivity contribution in [2.75, 3.05) is 0 Å². The van der Waals surface area contributed by atoms with Crippen LogP contribution in [0.5, 0.6) is 0 Å². The number of rotatable bonds is 4. The fourth-order valence-electron chi connectivity index (χ4n) is 7.68. The fraction of sp³-hybridized carbons (Fsp3) is 0. The smallest absolute Gasteiger partial charge is 0.145 e. The molecule has 0 radical (unpaired) electrons. The second kappa shape index (κ2) is 11.0. The van der Waals surface area contributed by atoms with Crippen molar-refractivity contribution in [2.45, 2.75) is 0 Å². The van der Waals surface area contributed by atoms with E-state index in [1.165, 1.54) is 65.3 Å². The van der Waals surface area contributed by atoms with Crippen molar-refractivity contribution in [1.29, 1.82) is 0 Å². The standard InChI is InChI=1S/C47H30N2/c1-3-15-33(16-4-1)47-48-43-29-41-42(30-44(43)49(47)38-19-5-2-6-20-38)46(37-26-24-32-14-8-10-18-35(32)28-37)40-22-12-11-21-39(40)45(41)36-25-23-31-13-7-9-17-34(31)27-36/h1-30H. The number of imidazole rings is 1. The van der Waals surface area contributed by atoms with Crippen LogP contribution in [0.25, 0.3) is 93.5 Å². The van der Waals surface area contributed by atoms with Crippen LogP contribution in [0.2, 0.25) is 0 Å². The van der Waals surface area contributed by atoms with Gasteiger partial charge in [-0.15, -0.1) is 0 Å². The minimum atomic E-state index is 0.932. The van der Waals surface area contributed by atoms with Crippen LogP contribution in [0, 0.1) is 0 Å². The van der Waals surface area contributed by atoms with Crippen LogP contribution in [0.1, 0.15) is 0 Å². The molecule has 1 aromatic heterocycles. The van der Waals surface area contributed by atoms with Crippen LogP contribution in [-0.2, 0) is 0 Å². The highest BCUT2D eigenvalue weighted by Gasteiger charge is 2.21. The first-order valence-electron chi connectivity index (χ1n) is 16.8. The van der Waals surface area contributed by atoms with Gasteiger partial charge < -0.3 is 0 Å². The Morgan fingerprint density at radius 1 is 0.347 bits per heavy atom. The zero-order chi connectivity index (χ0) is 32.3. The average molecular weight is 623 g/mol. The van der Waals surface area contributed by atoms with Gasteiger partial charge in [-0.25, -0.2) is 4.98 Å². The van der Waals surface area contributed by atoms with Gasteiger partial charge in [0.2, 0.25) is 0 Å². The van der Waals surface area contributed by atoms with E-state index >= 15 is 0 Å². The van der Waals surface area contributed by atoms with E-state index in [0.29, 0.717) is 0 Å². The molecule has 2 nitrogen and oxygen atoms in total. The van der Waals surface area contributed by atoms with Crippen LogP contribution in [0.3, 0.4) is 0 Å². The summed E-state index contributed by atoms with van der Waals surface area (Å²) in [4.78, 5) is 5.38. The van der Waals surface area contributed by atoms with Gasteiger partial charge in [-0.2, -0.15) is 0 Å². The van der Waals surface area contributed by atoms with Crippen molar-refractivity contribution in [2.24, 2.45) is 0 Å². The van der Waals surface area contributed by atoms with Gasteiger partial charge in [0.25, 0.3) is 0 Å². The van der Waals surface area contributed by atoms with Gasteiger partial charge in [-0.1, -0.05) is 146 Å². The minimum absolute atomic E-state index is 0.932. The van der Waals surface area contributed by atoms with Crippen LogP contribution < -0.4 is 0 Å². The molecule has 0 spiro atoms. The van der Waals surface area contributed by atoms with Crippen molar-refractivity contribution in [1.82, 2.24) is 9.55 Å². The molecule has 0 saturated carbocycles. The second-order valence-electron chi connectivity index (χ2n) is 12.8. The van der Waals surface area contributed by atoms with E-state index in [9.17, 15) is 0 Å². The average Bonchev–Trinajstić information content (AvgIpc) is 3.55. The highest BCUT2D eigenvalue weighted by atomic mass is 15.1. The summed E-state index contributed by atoms with van der Waals surface area (Å²) in [6.45, 7) is 0. The molecular formula is C47H30N2. The van der Waals surface area contributed by atoms with Crippen molar-refractivity contribution in [3.05, 3.63) is 182 Å². The molecule has 10 rings (SSSR count). The van der Waals surface area contributed by atoms with Gasteiger partial charge in [0.1, 0.15) is 5.82 Å². The van der Waals surface area contributed by atoms with Crippen LogP contribution >= 0.6 is 0 Å². The van der Waals surface area contributed by atoms with Crippen LogP contribution in [-0.4, -0.2) is 9.55 Å². The van der Waals surface area contributed by atoms with E-state index in [4.69, 9.17) is 4.98 Å². The molecule has 0 fully saturated rings. The summed E-state index contributed by atoms with van der Waals surface area (Å²) in [5, 5.41) is 9.83. The zero-order valence-electron chi connectivity index (χ0n) is 26.7. The van der Waals surface area contributed by atoms with Crippen LogP contribution in [0.15, 0.2) is 182 Å². The van der Waals surface area contributed by atoms with E-state index < -0.39 is 0 Å². The Labute approximate surface area is 284 Å². The summed E-state index contributed by atoms with van der Waals surface area (Å²) in [5.74, 6) is 0.932. The van der Waals surface area contributed by atoms with E-state index in [2.05, 4.69) is 187 Å². The summed E-state index contributed by atoms with van der Waals surface area (Å²) in [7, 11) is 0. The lowest BCUT2D eigenvalue weighted by Gasteiger charge is -2.19. The van der Waals surface area contributed by atoms with Crippen molar-refractivity contribution in [3.63, 3.8) is 0 Å². The maximum atomic E-state index is 5.38. The molecule has 0 N–H and O–H groups in total. The monoisotopic (exact) mass is 622 g/mol. The third-order valence-corrected chi connectivity index (χ3v) is 9.92. The van der Waals surface area contributed by atoms with E-state index in [0.717, 1.165) is 28.1 Å². The lowest BCUT2D eigenvalue weighted by atomic mass is 9.85. The molecule has 228 valence electrons. The maximum absolute atomic E-state index is 5.38. The summed E-state index contributed by atoms with van der Waals surface area (Å²) >= 11 is 0.